The molecule has 6 heteroatoms. The zero-order chi connectivity index (χ0) is 20.0. The van der Waals surface area contributed by atoms with Gasteiger partial charge >= 0.3 is 5.97 Å². The monoisotopic (exact) mass is 377 g/mol. The van der Waals surface area contributed by atoms with Gasteiger partial charge in [0, 0.05) is 18.7 Å². The molecular weight excluding hydrogens is 346 g/mol. The average Bonchev–Trinajstić information content (AvgIpc) is 2.86. The van der Waals surface area contributed by atoms with Crippen LogP contribution < -0.4 is 9.47 Å². The van der Waals surface area contributed by atoms with Crippen LogP contribution in [0, 0.1) is 11.3 Å². The molecule has 1 amide bonds. The van der Waals surface area contributed by atoms with E-state index in [0.717, 1.165) is 32.4 Å². The summed E-state index contributed by atoms with van der Waals surface area (Å²) in [5.41, 5.74) is 0.792. The van der Waals surface area contributed by atoms with Crippen LogP contribution in [0.5, 0.6) is 11.5 Å². The average molecular weight is 377 g/mol. The Labute approximate surface area is 161 Å². The highest BCUT2D eigenvalue weighted by Gasteiger charge is 2.29. The van der Waals surface area contributed by atoms with Crippen molar-refractivity contribution in [2.75, 3.05) is 26.3 Å². The van der Waals surface area contributed by atoms with Gasteiger partial charge in [-0.25, -0.2) is 4.79 Å². The first-order valence-corrected chi connectivity index (χ1v) is 9.63. The molecule has 0 aliphatic carbocycles. The van der Waals surface area contributed by atoms with E-state index in [4.69, 9.17) is 14.6 Å². The molecule has 1 heterocycles. The quantitative estimate of drug-likeness (QED) is 0.815. The van der Waals surface area contributed by atoms with Crippen molar-refractivity contribution < 1.29 is 24.2 Å². The van der Waals surface area contributed by atoms with E-state index in [1.54, 1.807) is 18.2 Å². The summed E-state index contributed by atoms with van der Waals surface area (Å²) in [5.74, 6) is 0.262. The van der Waals surface area contributed by atoms with Crippen molar-refractivity contribution in [2.45, 2.75) is 47.0 Å². The second-order valence-electron chi connectivity index (χ2n) is 8.06. The molecule has 1 atom stereocenters. The van der Waals surface area contributed by atoms with Crippen LogP contribution in [0.1, 0.15) is 57.3 Å². The van der Waals surface area contributed by atoms with E-state index in [-0.39, 0.29) is 11.3 Å². The third-order valence-electron chi connectivity index (χ3n) is 5.08. The Morgan fingerprint density at radius 2 is 1.89 bits per heavy atom. The van der Waals surface area contributed by atoms with E-state index in [2.05, 4.69) is 20.8 Å². The van der Waals surface area contributed by atoms with Gasteiger partial charge in [-0.2, -0.15) is 0 Å². The van der Waals surface area contributed by atoms with Gasteiger partial charge < -0.3 is 19.5 Å². The molecule has 0 aromatic heterocycles. The predicted molar refractivity (Wildman–Crippen MR) is 103 cm³/mol. The molecule has 6 nitrogen and oxygen atoms in total. The number of hydrogen-bond acceptors (Lipinski definition) is 4. The standard InChI is InChI=1S/C21H31NO5/c1-5-26-18-13-15(8-9-17(18)27-14-19(23)24)20(25)22-11-6-7-16(10-12-22)21(2,3)4/h8-9,13,16H,5-7,10-12,14H2,1-4H3,(H,23,24). The van der Waals surface area contributed by atoms with Crippen LogP contribution in [0.3, 0.4) is 0 Å². The zero-order valence-corrected chi connectivity index (χ0v) is 16.8. The highest BCUT2D eigenvalue weighted by atomic mass is 16.5. The number of carboxylic acids is 1. The Morgan fingerprint density at radius 3 is 2.52 bits per heavy atom. The van der Waals surface area contributed by atoms with Crippen LogP contribution in [-0.2, 0) is 4.79 Å². The minimum atomic E-state index is -1.06. The van der Waals surface area contributed by atoms with Crippen molar-refractivity contribution in [3.05, 3.63) is 23.8 Å². The number of carbonyl (C=O) groups is 2. The molecule has 27 heavy (non-hydrogen) atoms. The van der Waals surface area contributed by atoms with Crippen LogP contribution in [0.2, 0.25) is 0 Å². The normalized spacial score (nSPS) is 17.9. The van der Waals surface area contributed by atoms with Gasteiger partial charge in [0.15, 0.2) is 18.1 Å². The van der Waals surface area contributed by atoms with Crippen LogP contribution in [0.4, 0.5) is 0 Å². The second kappa shape index (κ2) is 9.11. The van der Waals surface area contributed by atoms with E-state index in [1.165, 1.54) is 0 Å². The van der Waals surface area contributed by atoms with E-state index in [0.29, 0.717) is 29.6 Å². The Hall–Kier alpha value is -2.24. The van der Waals surface area contributed by atoms with Crippen molar-refractivity contribution in [1.29, 1.82) is 0 Å². The van der Waals surface area contributed by atoms with Crippen molar-refractivity contribution in [2.24, 2.45) is 11.3 Å². The van der Waals surface area contributed by atoms with Crippen LogP contribution in [0.25, 0.3) is 0 Å². The molecule has 0 saturated carbocycles. The number of rotatable bonds is 6. The number of ether oxygens (including phenoxy) is 2. The lowest BCUT2D eigenvalue weighted by Gasteiger charge is -2.29. The summed E-state index contributed by atoms with van der Waals surface area (Å²) in [7, 11) is 0. The lowest BCUT2D eigenvalue weighted by molar-refractivity contribution is -0.139. The van der Waals surface area contributed by atoms with Crippen molar-refractivity contribution in [3.8, 4) is 11.5 Å². The van der Waals surface area contributed by atoms with Crippen molar-refractivity contribution in [1.82, 2.24) is 4.90 Å². The molecule has 0 spiro atoms. The van der Waals surface area contributed by atoms with Crippen LogP contribution in [0.15, 0.2) is 18.2 Å². The fourth-order valence-electron chi connectivity index (χ4n) is 3.52. The molecule has 1 unspecified atom stereocenters. The minimum Gasteiger partial charge on any atom is -0.490 e. The lowest BCUT2D eigenvalue weighted by Crippen LogP contribution is -2.32. The summed E-state index contributed by atoms with van der Waals surface area (Å²) < 4.78 is 10.8. The molecule has 1 fully saturated rings. The van der Waals surface area contributed by atoms with Gasteiger partial charge in [-0.1, -0.05) is 20.8 Å². The van der Waals surface area contributed by atoms with Gasteiger partial charge in [-0.3, -0.25) is 4.79 Å². The van der Waals surface area contributed by atoms with E-state index >= 15 is 0 Å². The summed E-state index contributed by atoms with van der Waals surface area (Å²) in [5, 5.41) is 8.79. The number of carbonyl (C=O) groups excluding carboxylic acids is 1. The van der Waals surface area contributed by atoms with Gasteiger partial charge in [0.1, 0.15) is 0 Å². The third-order valence-corrected chi connectivity index (χ3v) is 5.08. The van der Waals surface area contributed by atoms with Gasteiger partial charge in [0.05, 0.1) is 6.61 Å². The summed E-state index contributed by atoms with van der Waals surface area (Å²) in [6.45, 7) is 10.1. The highest BCUT2D eigenvalue weighted by Crippen LogP contribution is 2.35. The molecule has 0 radical (unpaired) electrons. The van der Waals surface area contributed by atoms with Crippen LogP contribution >= 0.6 is 0 Å². The van der Waals surface area contributed by atoms with Gasteiger partial charge in [-0.15, -0.1) is 0 Å². The first-order chi connectivity index (χ1) is 12.7. The maximum Gasteiger partial charge on any atom is 0.341 e. The third kappa shape index (κ3) is 5.88. The zero-order valence-electron chi connectivity index (χ0n) is 16.8. The van der Waals surface area contributed by atoms with E-state index in [1.807, 2.05) is 11.8 Å². The number of benzene rings is 1. The number of hydrogen-bond donors (Lipinski definition) is 1. The predicted octanol–water partition coefficient (Wildman–Crippen LogP) is 3.84. The number of aliphatic carboxylic acids is 1. The first-order valence-electron chi connectivity index (χ1n) is 9.63. The maximum absolute atomic E-state index is 13.0. The fraction of sp³-hybridized carbons (Fsp3) is 0.619. The maximum atomic E-state index is 13.0. The van der Waals surface area contributed by atoms with Gasteiger partial charge in [-0.05, 0) is 55.7 Å². The SMILES string of the molecule is CCOc1cc(C(=O)N2CCCC(C(C)(C)C)CC2)ccc1OCC(=O)O. The Balaban J connectivity index is 2.13. The van der Waals surface area contributed by atoms with Crippen LogP contribution in [-0.4, -0.2) is 48.2 Å². The molecule has 1 saturated heterocycles. The minimum absolute atomic E-state index is 0.0182. The summed E-state index contributed by atoms with van der Waals surface area (Å²) in [4.78, 5) is 25.6. The number of likely N-dealkylation sites (tertiary alicyclic amines) is 1. The number of amides is 1. The number of carboxylic acid groups (broad SMARTS) is 1. The molecule has 1 aromatic rings. The van der Waals surface area contributed by atoms with Crippen molar-refractivity contribution >= 4 is 11.9 Å². The molecule has 150 valence electrons. The summed E-state index contributed by atoms with van der Waals surface area (Å²) >= 11 is 0. The molecule has 1 aromatic carbocycles. The topological polar surface area (TPSA) is 76.1 Å². The smallest absolute Gasteiger partial charge is 0.341 e. The summed E-state index contributed by atoms with van der Waals surface area (Å²) in [6.07, 6.45) is 3.15. The number of nitrogens with zero attached hydrogens (tertiary/aromatic N) is 1. The van der Waals surface area contributed by atoms with E-state index < -0.39 is 12.6 Å². The van der Waals surface area contributed by atoms with Crippen molar-refractivity contribution in [3.63, 3.8) is 0 Å². The summed E-state index contributed by atoms with van der Waals surface area (Å²) in [6, 6.07) is 4.93. The largest absolute Gasteiger partial charge is 0.490 e. The molecule has 0 bridgehead atoms. The molecule has 1 aliphatic heterocycles. The Bertz CT molecular complexity index is 665. The Morgan fingerprint density at radius 1 is 1.15 bits per heavy atom. The lowest BCUT2D eigenvalue weighted by atomic mass is 9.77. The molecule has 1 N–H and O–H groups in total. The Kier molecular flexibility index (Phi) is 7.11. The fourth-order valence-corrected chi connectivity index (χ4v) is 3.52. The highest BCUT2D eigenvalue weighted by molar-refractivity contribution is 5.95. The van der Waals surface area contributed by atoms with E-state index in [9.17, 15) is 9.59 Å². The first kappa shape index (κ1) is 21.1. The second-order valence-corrected chi connectivity index (χ2v) is 8.06. The van der Waals surface area contributed by atoms with Gasteiger partial charge in [0.25, 0.3) is 5.91 Å². The molecular formula is C21H31NO5. The van der Waals surface area contributed by atoms with Gasteiger partial charge in [0.2, 0.25) is 0 Å². The molecule has 2 rings (SSSR count). The molecule has 1 aliphatic rings.